The molecular weight excluding hydrogens is 320 g/mol. The van der Waals surface area contributed by atoms with Crippen molar-refractivity contribution in [3.63, 3.8) is 0 Å². The first-order chi connectivity index (χ1) is 9.78. The quantitative estimate of drug-likeness (QED) is 0.789. The third kappa shape index (κ3) is 4.83. The van der Waals surface area contributed by atoms with E-state index in [0.717, 1.165) is 28.0 Å². The molecule has 0 spiro atoms. The number of benzene rings is 1. The molecule has 0 bridgehead atoms. The summed E-state index contributed by atoms with van der Waals surface area (Å²) in [6.45, 7) is 1.72. The molecule has 1 aromatic carbocycles. The van der Waals surface area contributed by atoms with Crippen molar-refractivity contribution in [1.82, 2.24) is 4.98 Å². The van der Waals surface area contributed by atoms with E-state index in [0.29, 0.717) is 19.8 Å². The number of hydrogen-bond donors (Lipinski definition) is 1. The number of hydrogen-bond acceptors (Lipinski definition) is 4. The Hall–Kier alpha value is -1.59. The minimum Gasteiger partial charge on any atom is -0.493 e. The van der Waals surface area contributed by atoms with Gasteiger partial charge in [-0.15, -0.1) is 0 Å². The number of rotatable bonds is 7. The summed E-state index contributed by atoms with van der Waals surface area (Å²) in [5, 5.41) is 0. The number of aromatic nitrogens is 1. The normalized spacial score (nSPS) is 10.3. The van der Waals surface area contributed by atoms with Crippen LogP contribution in [-0.2, 0) is 6.54 Å². The molecule has 0 aliphatic rings. The fraction of sp³-hybridized carbons (Fsp3) is 0.267. The average Bonchev–Trinajstić information content (AvgIpc) is 2.47. The van der Waals surface area contributed by atoms with Gasteiger partial charge in [-0.3, -0.25) is 4.98 Å². The van der Waals surface area contributed by atoms with Crippen LogP contribution in [0.5, 0.6) is 11.5 Å². The van der Waals surface area contributed by atoms with Crippen LogP contribution in [0, 0.1) is 0 Å². The summed E-state index contributed by atoms with van der Waals surface area (Å²) >= 11 is 3.35. The van der Waals surface area contributed by atoms with Crippen molar-refractivity contribution < 1.29 is 9.47 Å². The molecule has 1 aromatic heterocycles. The Morgan fingerprint density at radius 3 is 2.60 bits per heavy atom. The van der Waals surface area contributed by atoms with Gasteiger partial charge in [-0.25, -0.2) is 0 Å². The highest BCUT2D eigenvalue weighted by Crippen LogP contribution is 2.16. The van der Waals surface area contributed by atoms with E-state index >= 15 is 0 Å². The highest BCUT2D eigenvalue weighted by Gasteiger charge is 1.98. The molecule has 20 heavy (non-hydrogen) atoms. The van der Waals surface area contributed by atoms with Crippen LogP contribution in [0.15, 0.2) is 47.2 Å². The van der Waals surface area contributed by atoms with E-state index in [2.05, 4.69) is 20.9 Å². The second-order valence-corrected chi connectivity index (χ2v) is 5.16. The van der Waals surface area contributed by atoms with Crippen LogP contribution >= 0.6 is 15.9 Å². The van der Waals surface area contributed by atoms with E-state index in [4.69, 9.17) is 15.2 Å². The minimum atomic E-state index is 0.524. The SMILES string of the molecule is NCc1cccc(OCCCOc2cncc(Br)c2)c1. The van der Waals surface area contributed by atoms with Crippen LogP contribution in [0.3, 0.4) is 0 Å². The molecule has 0 aliphatic carbocycles. The minimum absolute atomic E-state index is 0.524. The van der Waals surface area contributed by atoms with Gasteiger partial charge in [0.1, 0.15) is 11.5 Å². The molecule has 0 aliphatic heterocycles. The van der Waals surface area contributed by atoms with E-state index < -0.39 is 0 Å². The highest BCUT2D eigenvalue weighted by molar-refractivity contribution is 9.10. The first-order valence-corrected chi connectivity index (χ1v) is 7.22. The molecule has 2 rings (SSSR count). The Balaban J connectivity index is 1.68. The third-order valence-electron chi connectivity index (χ3n) is 2.64. The average molecular weight is 337 g/mol. The third-order valence-corrected chi connectivity index (χ3v) is 3.07. The van der Waals surface area contributed by atoms with Crippen molar-refractivity contribution >= 4 is 15.9 Å². The van der Waals surface area contributed by atoms with Crippen LogP contribution in [0.2, 0.25) is 0 Å². The fourth-order valence-corrected chi connectivity index (χ4v) is 2.02. The molecule has 1 heterocycles. The lowest BCUT2D eigenvalue weighted by molar-refractivity contribution is 0.247. The van der Waals surface area contributed by atoms with Gasteiger partial charge in [0.2, 0.25) is 0 Å². The molecule has 0 fully saturated rings. The molecule has 4 nitrogen and oxygen atoms in total. The molecule has 0 unspecified atom stereocenters. The van der Waals surface area contributed by atoms with Gasteiger partial charge in [0.25, 0.3) is 0 Å². The molecule has 0 radical (unpaired) electrons. The van der Waals surface area contributed by atoms with Gasteiger partial charge in [0.05, 0.1) is 19.4 Å². The van der Waals surface area contributed by atoms with Crippen molar-refractivity contribution in [3.8, 4) is 11.5 Å². The van der Waals surface area contributed by atoms with Crippen molar-refractivity contribution in [1.29, 1.82) is 0 Å². The molecule has 0 saturated heterocycles. The summed E-state index contributed by atoms with van der Waals surface area (Å²) in [5.41, 5.74) is 6.65. The summed E-state index contributed by atoms with van der Waals surface area (Å²) in [6.07, 6.45) is 4.22. The molecular formula is C15H17BrN2O2. The van der Waals surface area contributed by atoms with Crippen LogP contribution in [0.4, 0.5) is 0 Å². The van der Waals surface area contributed by atoms with E-state index in [1.54, 1.807) is 12.4 Å². The zero-order valence-corrected chi connectivity index (χ0v) is 12.7. The van der Waals surface area contributed by atoms with E-state index in [9.17, 15) is 0 Å². The van der Waals surface area contributed by atoms with Crippen LogP contribution in [0.1, 0.15) is 12.0 Å². The lowest BCUT2D eigenvalue weighted by Crippen LogP contribution is -2.05. The Morgan fingerprint density at radius 1 is 1.05 bits per heavy atom. The Morgan fingerprint density at radius 2 is 1.85 bits per heavy atom. The lowest BCUT2D eigenvalue weighted by Gasteiger charge is -2.08. The number of nitrogens with zero attached hydrogens (tertiary/aromatic N) is 1. The summed E-state index contributed by atoms with van der Waals surface area (Å²) in [5.74, 6) is 1.60. The topological polar surface area (TPSA) is 57.4 Å². The zero-order valence-electron chi connectivity index (χ0n) is 11.1. The number of ether oxygens (including phenoxy) is 2. The fourth-order valence-electron chi connectivity index (χ4n) is 1.67. The zero-order chi connectivity index (χ0) is 14.2. The maximum absolute atomic E-state index is 5.65. The first-order valence-electron chi connectivity index (χ1n) is 6.43. The van der Waals surface area contributed by atoms with Gasteiger partial charge in [-0.2, -0.15) is 0 Å². The lowest BCUT2D eigenvalue weighted by atomic mass is 10.2. The maximum atomic E-state index is 5.65. The van der Waals surface area contributed by atoms with Gasteiger partial charge in [-0.1, -0.05) is 12.1 Å². The predicted octanol–water partition coefficient (Wildman–Crippen LogP) is 3.15. The molecule has 5 heteroatoms. The van der Waals surface area contributed by atoms with Crippen molar-refractivity contribution in [2.45, 2.75) is 13.0 Å². The molecule has 0 atom stereocenters. The van der Waals surface area contributed by atoms with E-state index in [1.807, 2.05) is 30.3 Å². The molecule has 0 saturated carbocycles. The van der Waals surface area contributed by atoms with Crippen molar-refractivity contribution in [2.24, 2.45) is 5.73 Å². The molecule has 106 valence electrons. The van der Waals surface area contributed by atoms with Crippen LogP contribution in [-0.4, -0.2) is 18.2 Å². The number of halogens is 1. The van der Waals surface area contributed by atoms with Gasteiger partial charge >= 0.3 is 0 Å². The van der Waals surface area contributed by atoms with E-state index in [1.165, 1.54) is 0 Å². The number of pyridine rings is 1. The largest absolute Gasteiger partial charge is 0.493 e. The van der Waals surface area contributed by atoms with Crippen molar-refractivity contribution in [2.75, 3.05) is 13.2 Å². The van der Waals surface area contributed by atoms with Gasteiger partial charge < -0.3 is 15.2 Å². The predicted molar refractivity (Wildman–Crippen MR) is 81.9 cm³/mol. The smallest absolute Gasteiger partial charge is 0.138 e. The second-order valence-electron chi connectivity index (χ2n) is 4.24. The van der Waals surface area contributed by atoms with E-state index in [-0.39, 0.29) is 0 Å². The molecule has 2 N–H and O–H groups in total. The van der Waals surface area contributed by atoms with Gasteiger partial charge in [-0.05, 0) is 39.7 Å². The van der Waals surface area contributed by atoms with Gasteiger partial charge in [0, 0.05) is 23.6 Å². The standard InChI is InChI=1S/C15H17BrN2O2/c16-13-8-15(11-18-10-13)20-6-2-5-19-14-4-1-3-12(7-14)9-17/h1,3-4,7-8,10-11H,2,5-6,9,17H2. The second kappa shape index (κ2) is 7.87. The maximum Gasteiger partial charge on any atom is 0.138 e. The monoisotopic (exact) mass is 336 g/mol. The van der Waals surface area contributed by atoms with Gasteiger partial charge in [0.15, 0.2) is 0 Å². The summed E-state index contributed by atoms with van der Waals surface area (Å²) in [7, 11) is 0. The van der Waals surface area contributed by atoms with Crippen molar-refractivity contribution in [3.05, 3.63) is 52.8 Å². The number of nitrogens with two attached hydrogens (primary N) is 1. The van der Waals surface area contributed by atoms with Crippen LogP contribution in [0.25, 0.3) is 0 Å². The van der Waals surface area contributed by atoms with Crippen LogP contribution < -0.4 is 15.2 Å². The first kappa shape index (κ1) is 14.8. The Bertz CT molecular complexity index is 549. The molecule has 2 aromatic rings. The summed E-state index contributed by atoms with van der Waals surface area (Å²) in [6, 6.07) is 9.70. The summed E-state index contributed by atoms with van der Waals surface area (Å²) < 4.78 is 12.1. The highest BCUT2D eigenvalue weighted by atomic mass is 79.9. The Labute approximate surface area is 127 Å². The summed E-state index contributed by atoms with van der Waals surface area (Å²) in [4.78, 5) is 4.03. The Kier molecular flexibility index (Phi) is 5.83. The molecule has 0 amide bonds.